The van der Waals surface area contributed by atoms with E-state index in [4.69, 9.17) is 28.3 Å². The van der Waals surface area contributed by atoms with E-state index in [0.717, 1.165) is 0 Å². The molecule has 0 aliphatic rings. The third-order valence-corrected chi connectivity index (χ3v) is 2.20. The summed E-state index contributed by atoms with van der Waals surface area (Å²) in [4.78, 5) is 21.4. The Balaban J connectivity index is 2.99. The molecule has 0 aliphatic heterocycles. The van der Waals surface area contributed by atoms with Crippen molar-refractivity contribution in [2.24, 2.45) is 0 Å². The molecule has 0 amide bonds. The van der Waals surface area contributed by atoms with Gasteiger partial charge in [0.1, 0.15) is 0 Å². The minimum atomic E-state index is -1.36. The minimum absolute atomic E-state index is 0.207. The van der Waals surface area contributed by atoms with E-state index >= 15 is 0 Å². The number of benzene rings is 1. The number of carboxylic acids is 1. The fourth-order valence-electron chi connectivity index (χ4n) is 0.820. The zero-order valence-electron chi connectivity index (χ0n) is 7.25. The molecule has 0 saturated heterocycles. The van der Waals surface area contributed by atoms with E-state index in [1.807, 2.05) is 5.92 Å². The predicted molar refractivity (Wildman–Crippen MR) is 56.2 cm³/mol. The molecule has 0 atom stereocenters. The number of hydrogen-bond acceptors (Lipinski definition) is 2. The fourth-order valence-corrected chi connectivity index (χ4v) is 1.12. The van der Waals surface area contributed by atoms with Crippen molar-refractivity contribution in [3.8, 4) is 11.8 Å². The van der Waals surface area contributed by atoms with Crippen molar-refractivity contribution in [2.75, 3.05) is 0 Å². The number of hydrogen-bond donors (Lipinski definition) is 1. The highest BCUT2D eigenvalue weighted by molar-refractivity contribution is 6.42. The first-order chi connectivity index (χ1) is 7.00. The lowest BCUT2D eigenvalue weighted by molar-refractivity contribution is -0.130. The second-order valence-electron chi connectivity index (χ2n) is 2.51. The van der Waals surface area contributed by atoms with Crippen LogP contribution >= 0.6 is 23.2 Å². The first-order valence-corrected chi connectivity index (χ1v) is 4.50. The van der Waals surface area contributed by atoms with E-state index in [1.54, 1.807) is 5.92 Å². The van der Waals surface area contributed by atoms with Crippen molar-refractivity contribution in [2.45, 2.75) is 0 Å². The summed E-state index contributed by atoms with van der Waals surface area (Å²) in [6.45, 7) is 0. The zero-order chi connectivity index (χ0) is 11.4. The van der Waals surface area contributed by atoms with Gasteiger partial charge in [0.15, 0.2) is 0 Å². The Morgan fingerprint density at radius 3 is 2.33 bits per heavy atom. The van der Waals surface area contributed by atoms with Crippen LogP contribution in [-0.2, 0) is 4.79 Å². The third-order valence-electron chi connectivity index (χ3n) is 1.46. The molecule has 1 aromatic carbocycles. The Kier molecular flexibility index (Phi) is 3.73. The Hall–Kier alpha value is -1.50. The van der Waals surface area contributed by atoms with E-state index in [0.29, 0.717) is 5.02 Å². The lowest BCUT2D eigenvalue weighted by atomic mass is 10.1. The van der Waals surface area contributed by atoms with Gasteiger partial charge in [0.25, 0.3) is 0 Å². The Morgan fingerprint density at radius 2 is 1.80 bits per heavy atom. The molecular formula is C10H4Cl2O3. The maximum Gasteiger partial charge on any atom is 0.382 e. The summed E-state index contributed by atoms with van der Waals surface area (Å²) < 4.78 is 0. The average molecular weight is 243 g/mol. The van der Waals surface area contributed by atoms with Crippen LogP contribution in [-0.4, -0.2) is 16.9 Å². The second-order valence-corrected chi connectivity index (χ2v) is 3.33. The van der Waals surface area contributed by atoms with E-state index in [2.05, 4.69) is 0 Å². The number of ketones is 1. The zero-order valence-corrected chi connectivity index (χ0v) is 8.76. The van der Waals surface area contributed by atoms with Crippen LogP contribution in [0.1, 0.15) is 10.4 Å². The highest BCUT2D eigenvalue weighted by Gasteiger charge is 2.05. The van der Waals surface area contributed by atoms with Crippen LogP contribution in [0.25, 0.3) is 0 Å². The molecule has 15 heavy (non-hydrogen) atoms. The van der Waals surface area contributed by atoms with Crippen molar-refractivity contribution in [1.29, 1.82) is 0 Å². The first-order valence-electron chi connectivity index (χ1n) is 3.75. The molecule has 5 heteroatoms. The summed E-state index contributed by atoms with van der Waals surface area (Å²) in [6.07, 6.45) is 0. The molecule has 0 fully saturated rings. The summed E-state index contributed by atoms with van der Waals surface area (Å²) in [7, 11) is 0. The first kappa shape index (κ1) is 11.6. The number of carboxylic acid groups (broad SMARTS) is 1. The van der Waals surface area contributed by atoms with E-state index < -0.39 is 11.8 Å². The predicted octanol–water partition coefficient (Wildman–Crippen LogP) is 2.26. The SMILES string of the molecule is O=C(O)C#CC(=O)c1ccc(Cl)c(Cl)c1. The monoisotopic (exact) mass is 242 g/mol. The second kappa shape index (κ2) is 4.83. The molecule has 0 bridgehead atoms. The van der Waals surface area contributed by atoms with E-state index in [9.17, 15) is 9.59 Å². The summed E-state index contributed by atoms with van der Waals surface area (Å²) in [5.41, 5.74) is 0.207. The van der Waals surface area contributed by atoms with Gasteiger partial charge < -0.3 is 5.11 Å². The summed E-state index contributed by atoms with van der Waals surface area (Å²) in [6, 6.07) is 4.20. The minimum Gasteiger partial charge on any atom is -0.472 e. The topological polar surface area (TPSA) is 54.4 Å². The Morgan fingerprint density at radius 1 is 1.13 bits per heavy atom. The molecule has 1 aromatic rings. The molecule has 1 N–H and O–H groups in total. The van der Waals surface area contributed by atoms with Gasteiger partial charge in [0.05, 0.1) is 10.0 Å². The van der Waals surface area contributed by atoms with Gasteiger partial charge in [-0.25, -0.2) is 4.79 Å². The van der Waals surface area contributed by atoms with Gasteiger partial charge in [0, 0.05) is 11.5 Å². The van der Waals surface area contributed by atoms with Gasteiger partial charge in [-0.15, -0.1) is 0 Å². The fraction of sp³-hybridized carbons (Fsp3) is 0. The van der Waals surface area contributed by atoms with Crippen LogP contribution in [0.3, 0.4) is 0 Å². The van der Waals surface area contributed by atoms with Crippen LogP contribution in [0, 0.1) is 11.8 Å². The van der Waals surface area contributed by atoms with E-state index in [1.165, 1.54) is 18.2 Å². The molecule has 0 aliphatic carbocycles. The average Bonchev–Trinajstić information content (AvgIpc) is 2.18. The van der Waals surface area contributed by atoms with Crippen LogP contribution < -0.4 is 0 Å². The van der Waals surface area contributed by atoms with Crippen molar-refractivity contribution < 1.29 is 14.7 Å². The summed E-state index contributed by atoms with van der Waals surface area (Å²) in [5.74, 6) is 1.70. The summed E-state index contributed by atoms with van der Waals surface area (Å²) >= 11 is 11.3. The molecule has 0 saturated carbocycles. The van der Waals surface area contributed by atoms with Gasteiger partial charge in [-0.2, -0.15) is 0 Å². The van der Waals surface area contributed by atoms with Crippen LogP contribution in [0.2, 0.25) is 10.0 Å². The number of Topliss-reactive ketones (excluding diaryl/α,β-unsaturated/α-hetero) is 1. The smallest absolute Gasteiger partial charge is 0.382 e. The highest BCUT2D eigenvalue weighted by Crippen LogP contribution is 2.22. The highest BCUT2D eigenvalue weighted by atomic mass is 35.5. The van der Waals surface area contributed by atoms with Gasteiger partial charge in [-0.1, -0.05) is 23.2 Å². The number of carbonyl (C=O) groups is 2. The number of carbonyl (C=O) groups excluding carboxylic acids is 1. The van der Waals surface area contributed by atoms with E-state index in [-0.39, 0.29) is 10.6 Å². The molecule has 1 rings (SSSR count). The van der Waals surface area contributed by atoms with Gasteiger partial charge >= 0.3 is 5.97 Å². The van der Waals surface area contributed by atoms with Crippen molar-refractivity contribution in [3.05, 3.63) is 33.8 Å². The maximum atomic E-state index is 11.3. The molecule has 0 radical (unpaired) electrons. The Labute approximate surface area is 95.6 Å². The number of halogens is 2. The quantitative estimate of drug-likeness (QED) is 0.467. The molecule has 0 unspecified atom stereocenters. The normalized spacial score (nSPS) is 8.93. The van der Waals surface area contributed by atoms with Crippen LogP contribution in [0.15, 0.2) is 18.2 Å². The van der Waals surface area contributed by atoms with Gasteiger partial charge in [-0.3, -0.25) is 4.79 Å². The van der Waals surface area contributed by atoms with Crippen LogP contribution in [0.4, 0.5) is 0 Å². The van der Waals surface area contributed by atoms with Crippen molar-refractivity contribution in [3.63, 3.8) is 0 Å². The summed E-state index contributed by atoms with van der Waals surface area (Å²) in [5, 5.41) is 8.78. The van der Waals surface area contributed by atoms with Gasteiger partial charge in [-0.05, 0) is 24.1 Å². The van der Waals surface area contributed by atoms with Crippen LogP contribution in [0.5, 0.6) is 0 Å². The lowest BCUT2D eigenvalue weighted by Gasteiger charge is -1.96. The van der Waals surface area contributed by atoms with Crippen molar-refractivity contribution >= 4 is 35.0 Å². The number of rotatable bonds is 1. The molecule has 76 valence electrons. The molecule has 3 nitrogen and oxygen atoms in total. The number of aliphatic carboxylic acids is 1. The largest absolute Gasteiger partial charge is 0.472 e. The third kappa shape index (κ3) is 3.28. The molecule has 0 spiro atoms. The molecule has 0 aromatic heterocycles. The van der Waals surface area contributed by atoms with Crippen molar-refractivity contribution in [1.82, 2.24) is 0 Å². The lowest BCUT2D eigenvalue weighted by Crippen LogP contribution is -1.97. The molecular weight excluding hydrogens is 239 g/mol. The molecule has 0 heterocycles. The van der Waals surface area contributed by atoms with Gasteiger partial charge in [0.2, 0.25) is 5.78 Å². The Bertz CT molecular complexity index is 483. The standard InChI is InChI=1S/C10H4Cl2O3/c11-7-2-1-6(5-8(7)12)9(13)3-4-10(14)15/h1-2,5H,(H,14,15). The maximum absolute atomic E-state index is 11.3.